The smallest absolute Gasteiger partial charge is 0.289 e. The van der Waals surface area contributed by atoms with Crippen molar-refractivity contribution in [3.63, 3.8) is 0 Å². The molecule has 3 aliphatic heterocycles. The van der Waals surface area contributed by atoms with Gasteiger partial charge in [0.2, 0.25) is 17.7 Å². The first kappa shape index (κ1) is 23.8. The van der Waals surface area contributed by atoms with Crippen LogP contribution in [-0.4, -0.2) is 33.6 Å². The predicted octanol–water partition coefficient (Wildman–Crippen LogP) is 4.54. The summed E-state index contributed by atoms with van der Waals surface area (Å²) in [5, 5.41) is 13.9. The third-order valence-corrected chi connectivity index (χ3v) is 7.55. The van der Waals surface area contributed by atoms with Crippen LogP contribution >= 0.6 is 11.6 Å². The monoisotopic (exact) mass is 532 g/mol. The standard InChI is InChI=1S/C27H18ClFN4O5/c28-17-10-9-15(13-20(17)33(37)38)30-25(34)24-22-21(23-16-6-2-1-5-14(16)11-12-31(23)24)26(35)32(27(22)36)19-8-4-3-7-18(19)29/h1-13,21-24H,(H,30,34)/t21-,22+,23+,24-/m0/s1. The molecule has 0 bridgehead atoms. The van der Waals surface area contributed by atoms with Gasteiger partial charge in [-0.3, -0.25) is 24.5 Å². The van der Waals surface area contributed by atoms with Crippen LogP contribution in [-0.2, 0) is 14.4 Å². The maximum atomic E-state index is 14.7. The van der Waals surface area contributed by atoms with E-state index in [4.69, 9.17) is 11.6 Å². The molecular formula is C27H18ClFN4O5. The fourth-order valence-electron chi connectivity index (χ4n) is 5.67. The van der Waals surface area contributed by atoms with Gasteiger partial charge in [0.25, 0.3) is 5.69 Å². The first-order chi connectivity index (χ1) is 18.3. The van der Waals surface area contributed by atoms with E-state index in [1.165, 1.54) is 30.3 Å². The first-order valence-corrected chi connectivity index (χ1v) is 12.1. The molecule has 2 fully saturated rings. The molecule has 190 valence electrons. The van der Waals surface area contributed by atoms with Crippen molar-refractivity contribution < 1.29 is 23.7 Å². The van der Waals surface area contributed by atoms with Crippen LogP contribution in [0.1, 0.15) is 17.2 Å². The van der Waals surface area contributed by atoms with Gasteiger partial charge in [-0.15, -0.1) is 0 Å². The molecule has 11 heteroatoms. The van der Waals surface area contributed by atoms with Gasteiger partial charge in [-0.1, -0.05) is 48.0 Å². The lowest BCUT2D eigenvalue weighted by molar-refractivity contribution is -0.384. The molecule has 0 radical (unpaired) electrons. The van der Waals surface area contributed by atoms with Crippen LogP contribution in [0.3, 0.4) is 0 Å². The quantitative estimate of drug-likeness (QED) is 0.300. The Bertz CT molecular complexity index is 1580. The molecular weight excluding hydrogens is 515 g/mol. The van der Waals surface area contributed by atoms with Crippen LogP contribution in [0.5, 0.6) is 0 Å². The van der Waals surface area contributed by atoms with Gasteiger partial charge in [0.05, 0.1) is 28.5 Å². The zero-order valence-electron chi connectivity index (χ0n) is 19.5. The number of benzene rings is 3. The van der Waals surface area contributed by atoms with E-state index in [-0.39, 0.29) is 16.4 Å². The molecule has 3 amide bonds. The van der Waals surface area contributed by atoms with Crippen molar-refractivity contribution in [3.05, 3.63) is 105 Å². The number of hydrogen-bond donors (Lipinski definition) is 1. The van der Waals surface area contributed by atoms with Crippen LogP contribution < -0.4 is 10.2 Å². The van der Waals surface area contributed by atoms with Gasteiger partial charge in [-0.25, -0.2) is 9.29 Å². The molecule has 38 heavy (non-hydrogen) atoms. The van der Waals surface area contributed by atoms with Crippen LogP contribution in [0, 0.1) is 27.8 Å². The van der Waals surface area contributed by atoms with Crippen molar-refractivity contribution in [2.45, 2.75) is 12.1 Å². The molecule has 0 aromatic heterocycles. The number of fused-ring (bicyclic) bond motifs is 5. The Balaban J connectivity index is 1.43. The van der Waals surface area contributed by atoms with Gasteiger partial charge in [-0.05, 0) is 41.5 Å². The highest BCUT2D eigenvalue weighted by atomic mass is 35.5. The number of nitro benzene ring substituents is 1. The van der Waals surface area contributed by atoms with Gasteiger partial charge in [0.15, 0.2) is 0 Å². The molecule has 3 heterocycles. The lowest BCUT2D eigenvalue weighted by atomic mass is 9.84. The van der Waals surface area contributed by atoms with Gasteiger partial charge in [0, 0.05) is 18.0 Å². The summed E-state index contributed by atoms with van der Waals surface area (Å²) < 4.78 is 14.7. The minimum atomic E-state index is -1.14. The molecule has 0 spiro atoms. The largest absolute Gasteiger partial charge is 0.357 e. The number of anilines is 2. The van der Waals surface area contributed by atoms with E-state index in [9.17, 15) is 28.9 Å². The maximum absolute atomic E-state index is 14.7. The van der Waals surface area contributed by atoms with Crippen molar-refractivity contribution >= 4 is 52.5 Å². The molecule has 3 aromatic rings. The summed E-state index contributed by atoms with van der Waals surface area (Å²) in [6.45, 7) is 0. The average Bonchev–Trinajstić information content (AvgIpc) is 3.38. The van der Waals surface area contributed by atoms with Gasteiger partial charge in [-0.2, -0.15) is 0 Å². The van der Waals surface area contributed by atoms with Gasteiger partial charge < -0.3 is 10.2 Å². The van der Waals surface area contributed by atoms with Crippen molar-refractivity contribution in [3.8, 4) is 0 Å². The molecule has 2 saturated heterocycles. The molecule has 4 atom stereocenters. The Kier molecular flexibility index (Phi) is 5.50. The minimum Gasteiger partial charge on any atom is -0.357 e. The number of amides is 3. The Hall–Kier alpha value is -4.57. The van der Waals surface area contributed by atoms with E-state index < -0.39 is 58.1 Å². The molecule has 3 aromatic carbocycles. The summed E-state index contributed by atoms with van der Waals surface area (Å²) in [4.78, 5) is 54.4. The Morgan fingerprint density at radius 2 is 1.71 bits per heavy atom. The van der Waals surface area contributed by atoms with E-state index in [0.717, 1.165) is 28.2 Å². The van der Waals surface area contributed by atoms with Crippen LogP contribution in [0.15, 0.2) is 72.9 Å². The summed E-state index contributed by atoms with van der Waals surface area (Å²) in [6.07, 6.45) is 3.47. The summed E-state index contributed by atoms with van der Waals surface area (Å²) in [7, 11) is 0. The topological polar surface area (TPSA) is 113 Å². The van der Waals surface area contributed by atoms with E-state index in [0.29, 0.717) is 0 Å². The number of hydrogen-bond acceptors (Lipinski definition) is 6. The third kappa shape index (κ3) is 3.48. The van der Waals surface area contributed by atoms with E-state index >= 15 is 0 Å². The number of carbonyl (C=O) groups excluding carboxylic acids is 3. The van der Waals surface area contributed by atoms with Crippen LogP contribution in [0.4, 0.5) is 21.5 Å². The lowest BCUT2D eigenvalue weighted by Crippen LogP contribution is -2.46. The molecule has 9 nitrogen and oxygen atoms in total. The normalized spacial score (nSPS) is 23.2. The van der Waals surface area contributed by atoms with E-state index in [1.807, 2.05) is 18.2 Å². The minimum absolute atomic E-state index is 0.0957. The Labute approximate surface area is 220 Å². The number of rotatable bonds is 4. The second-order valence-electron chi connectivity index (χ2n) is 9.21. The number of halogens is 2. The highest BCUT2D eigenvalue weighted by Gasteiger charge is 2.64. The van der Waals surface area contributed by atoms with Crippen molar-refractivity contribution in [2.24, 2.45) is 11.8 Å². The fraction of sp³-hybridized carbons (Fsp3) is 0.148. The number of para-hydroxylation sites is 1. The number of carbonyl (C=O) groups is 3. The zero-order valence-corrected chi connectivity index (χ0v) is 20.2. The number of nitrogens with one attached hydrogen (secondary N) is 1. The second-order valence-corrected chi connectivity index (χ2v) is 9.62. The summed E-state index contributed by atoms with van der Waals surface area (Å²) in [6, 6.07) is 14.9. The highest BCUT2D eigenvalue weighted by molar-refractivity contribution is 6.32. The van der Waals surface area contributed by atoms with Crippen LogP contribution in [0.25, 0.3) is 6.08 Å². The van der Waals surface area contributed by atoms with Crippen LogP contribution in [0.2, 0.25) is 5.02 Å². The summed E-state index contributed by atoms with van der Waals surface area (Å²) >= 11 is 5.90. The molecule has 6 rings (SSSR count). The molecule has 0 saturated carbocycles. The van der Waals surface area contributed by atoms with Crippen molar-refractivity contribution in [2.75, 3.05) is 10.2 Å². The average molecular weight is 533 g/mol. The second kappa shape index (κ2) is 8.77. The highest BCUT2D eigenvalue weighted by Crippen LogP contribution is 2.53. The summed E-state index contributed by atoms with van der Waals surface area (Å²) in [5.41, 5.74) is 1.15. The van der Waals surface area contributed by atoms with Gasteiger partial charge >= 0.3 is 0 Å². The Morgan fingerprint density at radius 1 is 1.00 bits per heavy atom. The van der Waals surface area contributed by atoms with E-state index in [2.05, 4.69) is 5.32 Å². The number of imide groups is 1. The van der Waals surface area contributed by atoms with Gasteiger partial charge in [0.1, 0.15) is 16.9 Å². The lowest BCUT2D eigenvalue weighted by Gasteiger charge is -2.35. The molecule has 3 aliphatic rings. The predicted molar refractivity (Wildman–Crippen MR) is 136 cm³/mol. The van der Waals surface area contributed by atoms with Crippen molar-refractivity contribution in [1.29, 1.82) is 0 Å². The number of nitro groups is 1. The molecule has 0 aliphatic carbocycles. The first-order valence-electron chi connectivity index (χ1n) is 11.7. The molecule has 0 unspecified atom stereocenters. The zero-order chi connectivity index (χ0) is 26.7. The summed E-state index contributed by atoms with van der Waals surface area (Å²) in [5.74, 6) is -4.73. The van der Waals surface area contributed by atoms with Crippen molar-refractivity contribution in [1.82, 2.24) is 4.90 Å². The molecule has 1 N–H and O–H groups in total. The maximum Gasteiger partial charge on any atom is 0.289 e. The number of nitrogens with zero attached hydrogens (tertiary/aromatic N) is 3. The Morgan fingerprint density at radius 3 is 2.47 bits per heavy atom. The third-order valence-electron chi connectivity index (χ3n) is 7.23. The van der Waals surface area contributed by atoms with E-state index in [1.54, 1.807) is 23.2 Å². The fourth-order valence-corrected chi connectivity index (χ4v) is 5.86. The SMILES string of the molecule is O=C(Nc1ccc(Cl)c([N+](=O)[O-])c1)[C@@H]1[C@@H]2C(=O)N(c3ccccc3F)C(=O)[C@@H]2[C@H]2c3ccccc3C=CN12.